The first-order chi connectivity index (χ1) is 10.1. The van der Waals surface area contributed by atoms with Gasteiger partial charge in [0.25, 0.3) is 0 Å². The first-order valence-electron chi connectivity index (χ1n) is 8.26. The van der Waals surface area contributed by atoms with E-state index in [1.807, 2.05) is 12.1 Å². The van der Waals surface area contributed by atoms with Crippen LogP contribution in [-0.4, -0.2) is 18.0 Å². The Balaban J connectivity index is 1.91. The van der Waals surface area contributed by atoms with Crippen molar-refractivity contribution in [2.75, 3.05) is 5.32 Å². The van der Waals surface area contributed by atoms with Gasteiger partial charge in [-0.05, 0) is 38.3 Å². The third-order valence-electron chi connectivity index (χ3n) is 4.41. The van der Waals surface area contributed by atoms with Gasteiger partial charge in [0.15, 0.2) is 0 Å². The number of fused-ring (bicyclic) bond motifs is 1. The van der Waals surface area contributed by atoms with Crippen molar-refractivity contribution in [3.8, 4) is 0 Å². The summed E-state index contributed by atoms with van der Waals surface area (Å²) in [5.74, 6) is 0.210. The molecule has 0 radical (unpaired) electrons. The van der Waals surface area contributed by atoms with Crippen LogP contribution in [0.25, 0.3) is 0 Å². The fraction of sp³-hybridized carbons (Fsp3) is 0.611. The van der Waals surface area contributed by atoms with Gasteiger partial charge in [0.05, 0.1) is 5.92 Å². The molecule has 1 heterocycles. The molecule has 0 aliphatic carbocycles. The Bertz CT molecular complexity index is 472. The van der Waals surface area contributed by atoms with Crippen LogP contribution in [-0.2, 0) is 11.2 Å². The summed E-state index contributed by atoms with van der Waals surface area (Å²) in [6.07, 6.45) is 5.57. The topological polar surface area (TPSA) is 41.1 Å². The molecule has 1 amide bonds. The number of anilines is 1. The second-order valence-corrected chi connectivity index (χ2v) is 6.31. The van der Waals surface area contributed by atoms with Gasteiger partial charge < -0.3 is 10.6 Å². The Morgan fingerprint density at radius 2 is 2.14 bits per heavy atom. The van der Waals surface area contributed by atoms with Crippen LogP contribution in [0.3, 0.4) is 0 Å². The lowest BCUT2D eigenvalue weighted by Crippen LogP contribution is -2.46. The molecule has 116 valence electrons. The molecule has 3 heteroatoms. The molecule has 2 rings (SSSR count). The van der Waals surface area contributed by atoms with E-state index in [-0.39, 0.29) is 23.9 Å². The number of carbonyl (C=O) groups is 1. The maximum absolute atomic E-state index is 12.5. The summed E-state index contributed by atoms with van der Waals surface area (Å²) in [4.78, 5) is 12.5. The quantitative estimate of drug-likeness (QED) is 0.783. The summed E-state index contributed by atoms with van der Waals surface area (Å²) in [5, 5.41) is 6.65. The van der Waals surface area contributed by atoms with E-state index in [0.717, 1.165) is 12.8 Å². The third-order valence-corrected chi connectivity index (χ3v) is 4.41. The minimum Gasteiger partial charge on any atom is -0.382 e. The number of nitrogens with one attached hydrogen (secondary N) is 2. The summed E-state index contributed by atoms with van der Waals surface area (Å²) >= 11 is 0. The van der Waals surface area contributed by atoms with Gasteiger partial charge in [0.2, 0.25) is 5.91 Å². The van der Waals surface area contributed by atoms with Crippen molar-refractivity contribution in [2.45, 2.75) is 65.0 Å². The monoisotopic (exact) mass is 288 g/mol. The van der Waals surface area contributed by atoms with E-state index in [0.29, 0.717) is 0 Å². The standard InChI is InChI=1S/C18H28N2O/c1-4-5-6-9-13(2)19-18(21)16-12-15-10-7-8-11-17(15)20-14(16)3/h7-8,10-11,13-14,16,20H,4-6,9,12H2,1-3H3,(H,19,21). The minimum absolute atomic E-state index is 0.0218. The Morgan fingerprint density at radius 1 is 1.38 bits per heavy atom. The fourth-order valence-corrected chi connectivity index (χ4v) is 3.04. The van der Waals surface area contributed by atoms with Crippen molar-refractivity contribution in [1.29, 1.82) is 0 Å². The van der Waals surface area contributed by atoms with Crippen LogP contribution in [0.1, 0.15) is 52.0 Å². The van der Waals surface area contributed by atoms with Crippen molar-refractivity contribution < 1.29 is 4.79 Å². The second-order valence-electron chi connectivity index (χ2n) is 6.31. The van der Waals surface area contributed by atoms with Crippen LogP contribution in [0.15, 0.2) is 24.3 Å². The van der Waals surface area contributed by atoms with E-state index in [4.69, 9.17) is 0 Å². The summed E-state index contributed by atoms with van der Waals surface area (Å²) in [5.41, 5.74) is 2.42. The molecule has 1 aliphatic rings. The summed E-state index contributed by atoms with van der Waals surface area (Å²) < 4.78 is 0. The molecular weight excluding hydrogens is 260 g/mol. The highest BCUT2D eigenvalue weighted by Gasteiger charge is 2.30. The van der Waals surface area contributed by atoms with Gasteiger partial charge in [-0.1, -0.05) is 44.4 Å². The van der Waals surface area contributed by atoms with Crippen molar-refractivity contribution in [3.05, 3.63) is 29.8 Å². The Hall–Kier alpha value is -1.51. The van der Waals surface area contributed by atoms with Crippen molar-refractivity contribution >= 4 is 11.6 Å². The molecule has 2 N–H and O–H groups in total. The first-order valence-corrected chi connectivity index (χ1v) is 8.26. The number of rotatable bonds is 6. The van der Waals surface area contributed by atoms with Gasteiger partial charge in [0.1, 0.15) is 0 Å². The zero-order valence-electron chi connectivity index (χ0n) is 13.5. The fourth-order valence-electron chi connectivity index (χ4n) is 3.04. The van der Waals surface area contributed by atoms with Crippen molar-refractivity contribution in [1.82, 2.24) is 5.32 Å². The van der Waals surface area contributed by atoms with Crippen molar-refractivity contribution in [3.63, 3.8) is 0 Å². The largest absolute Gasteiger partial charge is 0.382 e. The van der Waals surface area contributed by atoms with Gasteiger partial charge >= 0.3 is 0 Å². The summed E-state index contributed by atoms with van der Waals surface area (Å²) in [6, 6.07) is 8.73. The maximum atomic E-state index is 12.5. The molecule has 1 aliphatic heterocycles. The van der Waals surface area contributed by atoms with Gasteiger partial charge in [-0.2, -0.15) is 0 Å². The van der Waals surface area contributed by atoms with Crippen LogP contribution < -0.4 is 10.6 Å². The van der Waals surface area contributed by atoms with E-state index in [2.05, 4.69) is 43.5 Å². The molecule has 3 nitrogen and oxygen atoms in total. The van der Waals surface area contributed by atoms with Gasteiger partial charge in [0, 0.05) is 17.8 Å². The molecule has 0 bridgehead atoms. The SMILES string of the molecule is CCCCCC(C)NC(=O)C1Cc2ccccc2NC1C. The number of hydrogen-bond donors (Lipinski definition) is 2. The zero-order chi connectivity index (χ0) is 15.2. The van der Waals surface area contributed by atoms with E-state index in [9.17, 15) is 4.79 Å². The molecular formula is C18H28N2O. The van der Waals surface area contributed by atoms with E-state index >= 15 is 0 Å². The second kappa shape index (κ2) is 7.48. The lowest BCUT2D eigenvalue weighted by atomic mass is 9.87. The molecule has 1 aromatic rings. The third kappa shape index (κ3) is 4.23. The van der Waals surface area contributed by atoms with Gasteiger partial charge in [-0.3, -0.25) is 4.79 Å². The predicted octanol–water partition coefficient (Wildman–Crippen LogP) is 3.74. The van der Waals surface area contributed by atoms with Gasteiger partial charge in [-0.25, -0.2) is 0 Å². The maximum Gasteiger partial charge on any atom is 0.225 e. The van der Waals surface area contributed by atoms with Crippen LogP contribution in [0, 0.1) is 5.92 Å². The highest BCUT2D eigenvalue weighted by Crippen LogP contribution is 2.28. The lowest BCUT2D eigenvalue weighted by Gasteiger charge is -2.32. The first kappa shape index (κ1) is 15.9. The number of carbonyl (C=O) groups excluding carboxylic acids is 1. The molecule has 3 unspecified atom stereocenters. The molecule has 0 saturated carbocycles. The van der Waals surface area contributed by atoms with E-state index in [1.54, 1.807) is 0 Å². The normalized spacial score (nSPS) is 22.0. The molecule has 1 aromatic carbocycles. The molecule has 0 fully saturated rings. The average molecular weight is 288 g/mol. The predicted molar refractivity (Wildman–Crippen MR) is 88.5 cm³/mol. The number of amides is 1. The number of benzene rings is 1. The van der Waals surface area contributed by atoms with Crippen LogP contribution in [0.5, 0.6) is 0 Å². The highest BCUT2D eigenvalue weighted by atomic mass is 16.2. The molecule has 0 saturated heterocycles. The van der Waals surface area contributed by atoms with Crippen LogP contribution in [0.2, 0.25) is 0 Å². The molecule has 21 heavy (non-hydrogen) atoms. The number of para-hydroxylation sites is 1. The smallest absolute Gasteiger partial charge is 0.225 e. The Labute approximate surface area is 128 Å². The molecule has 0 aromatic heterocycles. The minimum atomic E-state index is 0.0218. The van der Waals surface area contributed by atoms with Gasteiger partial charge in [-0.15, -0.1) is 0 Å². The molecule has 0 spiro atoms. The zero-order valence-corrected chi connectivity index (χ0v) is 13.5. The number of hydrogen-bond acceptors (Lipinski definition) is 2. The Morgan fingerprint density at radius 3 is 2.90 bits per heavy atom. The van der Waals surface area contributed by atoms with E-state index in [1.165, 1.54) is 30.5 Å². The van der Waals surface area contributed by atoms with Crippen molar-refractivity contribution in [2.24, 2.45) is 5.92 Å². The number of unbranched alkanes of at least 4 members (excludes halogenated alkanes) is 2. The summed E-state index contributed by atoms with van der Waals surface area (Å²) in [6.45, 7) is 6.42. The lowest BCUT2D eigenvalue weighted by molar-refractivity contribution is -0.126. The molecule has 3 atom stereocenters. The van der Waals surface area contributed by atoms with E-state index < -0.39 is 0 Å². The average Bonchev–Trinajstić information content (AvgIpc) is 2.46. The van der Waals surface area contributed by atoms with Crippen LogP contribution >= 0.6 is 0 Å². The Kier molecular flexibility index (Phi) is 5.66. The summed E-state index contributed by atoms with van der Waals surface area (Å²) in [7, 11) is 0. The highest BCUT2D eigenvalue weighted by molar-refractivity contribution is 5.81. The van der Waals surface area contributed by atoms with Crippen LogP contribution in [0.4, 0.5) is 5.69 Å².